The predicted octanol–water partition coefficient (Wildman–Crippen LogP) is 2.52. The minimum absolute atomic E-state index is 0.0697. The SMILES string of the molecule is Cc1ccc(OCC(=O)NCc2ccc(P(C)(C)=O)cc2)cc1N. The summed E-state index contributed by atoms with van der Waals surface area (Å²) in [6, 6.07) is 12.8. The molecule has 0 bridgehead atoms. The smallest absolute Gasteiger partial charge is 0.258 e. The van der Waals surface area contributed by atoms with Crippen molar-refractivity contribution in [3.05, 3.63) is 53.6 Å². The van der Waals surface area contributed by atoms with Gasteiger partial charge in [-0.1, -0.05) is 30.3 Å². The van der Waals surface area contributed by atoms with Crippen LogP contribution in [0.5, 0.6) is 5.75 Å². The molecule has 6 heteroatoms. The van der Waals surface area contributed by atoms with Crippen LogP contribution in [-0.2, 0) is 15.9 Å². The molecule has 0 radical (unpaired) electrons. The van der Waals surface area contributed by atoms with Gasteiger partial charge in [0.15, 0.2) is 6.61 Å². The molecule has 0 atom stereocenters. The van der Waals surface area contributed by atoms with Gasteiger partial charge in [-0.3, -0.25) is 4.79 Å². The number of carbonyl (C=O) groups is 1. The Morgan fingerprint density at radius 2 is 1.83 bits per heavy atom. The number of hydrogen-bond acceptors (Lipinski definition) is 4. The lowest BCUT2D eigenvalue weighted by atomic mass is 10.2. The minimum Gasteiger partial charge on any atom is -0.484 e. The van der Waals surface area contributed by atoms with E-state index >= 15 is 0 Å². The average molecular weight is 346 g/mol. The van der Waals surface area contributed by atoms with Crippen molar-refractivity contribution in [2.45, 2.75) is 13.5 Å². The highest BCUT2D eigenvalue weighted by Crippen LogP contribution is 2.34. The molecule has 24 heavy (non-hydrogen) atoms. The quantitative estimate of drug-likeness (QED) is 0.622. The Bertz CT molecular complexity index is 766. The number of rotatable bonds is 6. The fourth-order valence-electron chi connectivity index (χ4n) is 2.08. The molecule has 2 aromatic carbocycles. The lowest BCUT2D eigenvalue weighted by Crippen LogP contribution is -2.28. The van der Waals surface area contributed by atoms with Crippen molar-refractivity contribution in [3.8, 4) is 5.75 Å². The fraction of sp³-hybridized carbons (Fsp3) is 0.278. The van der Waals surface area contributed by atoms with Gasteiger partial charge in [-0.05, 0) is 37.4 Å². The summed E-state index contributed by atoms with van der Waals surface area (Å²) in [6.07, 6.45) is 0. The molecule has 0 unspecified atom stereocenters. The van der Waals surface area contributed by atoms with Crippen molar-refractivity contribution in [1.29, 1.82) is 0 Å². The minimum atomic E-state index is -2.25. The number of anilines is 1. The molecule has 0 aromatic heterocycles. The first-order valence-electron chi connectivity index (χ1n) is 7.66. The third-order valence-electron chi connectivity index (χ3n) is 3.67. The van der Waals surface area contributed by atoms with Gasteiger partial charge in [0.05, 0.1) is 0 Å². The normalized spacial score (nSPS) is 11.1. The number of nitrogens with one attached hydrogen (secondary N) is 1. The summed E-state index contributed by atoms with van der Waals surface area (Å²) in [6.45, 7) is 5.71. The van der Waals surface area contributed by atoms with Crippen LogP contribution in [0.3, 0.4) is 0 Å². The number of aryl methyl sites for hydroxylation is 1. The van der Waals surface area contributed by atoms with Crippen LogP contribution in [0.15, 0.2) is 42.5 Å². The lowest BCUT2D eigenvalue weighted by Gasteiger charge is -2.10. The molecule has 0 aliphatic carbocycles. The number of hydrogen-bond donors (Lipinski definition) is 2. The van der Waals surface area contributed by atoms with Crippen molar-refractivity contribution in [1.82, 2.24) is 5.32 Å². The van der Waals surface area contributed by atoms with E-state index in [9.17, 15) is 9.36 Å². The molecular weight excluding hydrogens is 323 g/mol. The highest BCUT2D eigenvalue weighted by atomic mass is 31.2. The van der Waals surface area contributed by atoms with Crippen LogP contribution in [0.4, 0.5) is 5.69 Å². The maximum Gasteiger partial charge on any atom is 0.258 e. The van der Waals surface area contributed by atoms with Gasteiger partial charge < -0.3 is 20.4 Å². The van der Waals surface area contributed by atoms with Crippen molar-refractivity contribution in [2.75, 3.05) is 25.7 Å². The van der Waals surface area contributed by atoms with E-state index in [0.29, 0.717) is 18.0 Å². The summed E-state index contributed by atoms with van der Waals surface area (Å²) in [7, 11) is -2.25. The summed E-state index contributed by atoms with van der Waals surface area (Å²) in [5, 5.41) is 3.62. The van der Waals surface area contributed by atoms with Crippen molar-refractivity contribution in [2.24, 2.45) is 0 Å². The van der Waals surface area contributed by atoms with Crippen molar-refractivity contribution < 1.29 is 14.1 Å². The fourth-order valence-corrected chi connectivity index (χ4v) is 2.95. The number of benzene rings is 2. The molecule has 0 aliphatic rings. The molecule has 128 valence electrons. The summed E-state index contributed by atoms with van der Waals surface area (Å²) >= 11 is 0. The Kier molecular flexibility index (Phi) is 5.68. The summed E-state index contributed by atoms with van der Waals surface area (Å²) < 4.78 is 17.4. The van der Waals surface area contributed by atoms with Gasteiger partial charge in [0.2, 0.25) is 0 Å². The van der Waals surface area contributed by atoms with E-state index in [1.807, 2.05) is 37.3 Å². The first kappa shape index (κ1) is 18.1. The zero-order valence-corrected chi connectivity index (χ0v) is 15.1. The van der Waals surface area contributed by atoms with Gasteiger partial charge in [0.1, 0.15) is 12.9 Å². The molecule has 0 heterocycles. The molecule has 2 rings (SSSR count). The Balaban J connectivity index is 1.82. The van der Waals surface area contributed by atoms with Gasteiger partial charge in [-0.2, -0.15) is 0 Å². The van der Waals surface area contributed by atoms with E-state index in [4.69, 9.17) is 10.5 Å². The van der Waals surface area contributed by atoms with Crippen molar-refractivity contribution in [3.63, 3.8) is 0 Å². The summed E-state index contributed by atoms with van der Waals surface area (Å²) in [5.74, 6) is 0.356. The molecule has 5 nitrogen and oxygen atoms in total. The Morgan fingerprint density at radius 1 is 1.17 bits per heavy atom. The third-order valence-corrected chi connectivity index (χ3v) is 5.21. The number of amides is 1. The van der Waals surface area contributed by atoms with Crippen LogP contribution in [-0.4, -0.2) is 25.8 Å². The van der Waals surface area contributed by atoms with Gasteiger partial charge in [-0.15, -0.1) is 0 Å². The van der Waals surface area contributed by atoms with Crippen molar-refractivity contribution >= 4 is 24.0 Å². The Hall–Kier alpha value is -2.26. The summed E-state index contributed by atoms with van der Waals surface area (Å²) in [5.41, 5.74) is 8.36. The van der Waals surface area contributed by atoms with Crippen LogP contribution < -0.4 is 21.1 Å². The van der Waals surface area contributed by atoms with Crippen LogP contribution in [0, 0.1) is 6.92 Å². The molecule has 0 saturated heterocycles. The molecule has 2 aromatic rings. The monoisotopic (exact) mass is 346 g/mol. The largest absolute Gasteiger partial charge is 0.484 e. The molecule has 0 saturated carbocycles. The van der Waals surface area contributed by atoms with Gasteiger partial charge in [-0.25, -0.2) is 0 Å². The predicted molar refractivity (Wildman–Crippen MR) is 98.5 cm³/mol. The zero-order valence-electron chi connectivity index (χ0n) is 14.2. The number of ether oxygens (including phenoxy) is 1. The molecule has 0 fully saturated rings. The summed E-state index contributed by atoms with van der Waals surface area (Å²) in [4.78, 5) is 11.9. The van der Waals surface area contributed by atoms with E-state index in [2.05, 4.69) is 5.32 Å². The Morgan fingerprint density at radius 3 is 2.42 bits per heavy atom. The highest BCUT2D eigenvalue weighted by Gasteiger charge is 2.10. The lowest BCUT2D eigenvalue weighted by molar-refractivity contribution is -0.123. The first-order chi connectivity index (χ1) is 11.3. The van der Waals surface area contributed by atoms with Crippen LogP contribution in [0.1, 0.15) is 11.1 Å². The number of carbonyl (C=O) groups excluding carboxylic acids is 1. The molecule has 1 amide bonds. The topological polar surface area (TPSA) is 81.4 Å². The number of nitrogens with two attached hydrogens (primary N) is 1. The maximum absolute atomic E-state index is 12.0. The van der Waals surface area contributed by atoms with E-state index < -0.39 is 7.14 Å². The second-order valence-electron chi connectivity index (χ2n) is 6.10. The average Bonchev–Trinajstić information content (AvgIpc) is 2.53. The molecule has 0 spiro atoms. The van der Waals surface area contributed by atoms with E-state index in [-0.39, 0.29) is 12.5 Å². The van der Waals surface area contributed by atoms with Gasteiger partial charge in [0.25, 0.3) is 5.91 Å². The molecule has 0 aliphatic heterocycles. The van der Waals surface area contributed by atoms with E-state index in [1.165, 1.54) is 0 Å². The van der Waals surface area contributed by atoms with Gasteiger partial charge in [0, 0.05) is 23.6 Å². The molecular formula is C18H23N2O3P. The van der Waals surface area contributed by atoms with Crippen LogP contribution in [0.2, 0.25) is 0 Å². The van der Waals surface area contributed by atoms with E-state index in [1.54, 1.807) is 25.5 Å². The highest BCUT2D eigenvalue weighted by molar-refractivity contribution is 7.70. The third kappa shape index (κ3) is 5.14. The first-order valence-corrected chi connectivity index (χ1v) is 10.3. The van der Waals surface area contributed by atoms with Gasteiger partial charge >= 0.3 is 0 Å². The molecule has 3 N–H and O–H groups in total. The Labute approximate surface area is 142 Å². The number of nitrogen functional groups attached to an aromatic ring is 1. The van der Waals surface area contributed by atoms with Crippen LogP contribution >= 0.6 is 7.14 Å². The van der Waals surface area contributed by atoms with Crippen LogP contribution in [0.25, 0.3) is 0 Å². The maximum atomic E-state index is 12.0. The van der Waals surface area contributed by atoms with E-state index in [0.717, 1.165) is 16.4 Å². The standard InChI is InChI=1S/C18H23N2O3P/c1-13-4-7-15(10-17(13)19)23-12-18(21)20-11-14-5-8-16(9-6-14)24(2,3)22/h4-10H,11-12,19H2,1-3H3,(H,20,21). The second-order valence-corrected chi connectivity index (χ2v) is 9.32. The second kappa shape index (κ2) is 7.54. The zero-order chi connectivity index (χ0) is 17.7.